The van der Waals surface area contributed by atoms with Crippen molar-refractivity contribution in [2.45, 2.75) is 65.6 Å². The fraction of sp³-hybridized carbons (Fsp3) is 0.303. The Kier molecular flexibility index (Phi) is 9.73. The van der Waals surface area contributed by atoms with Gasteiger partial charge in [-0.05, 0) is 75.4 Å². The second kappa shape index (κ2) is 13.0. The van der Waals surface area contributed by atoms with Crippen molar-refractivity contribution in [3.05, 3.63) is 101 Å². The van der Waals surface area contributed by atoms with Gasteiger partial charge in [-0.25, -0.2) is 4.79 Å². The average molecular weight is 540 g/mol. The molecule has 0 bridgehead atoms. The Bertz CT molecular complexity index is 1380. The van der Waals surface area contributed by atoms with E-state index in [2.05, 4.69) is 16.7 Å². The number of anilines is 1. The van der Waals surface area contributed by atoms with E-state index in [1.54, 1.807) is 26.8 Å². The molecule has 0 aromatic heterocycles. The number of hydrogen-bond acceptors (Lipinski definition) is 4. The predicted octanol–water partition coefficient (Wildman–Crippen LogP) is 5.85. The summed E-state index contributed by atoms with van der Waals surface area (Å²) >= 11 is 0. The van der Waals surface area contributed by atoms with Gasteiger partial charge < -0.3 is 15.4 Å². The fourth-order valence-electron chi connectivity index (χ4n) is 4.48. The number of rotatable bonds is 8. The molecule has 0 aliphatic rings. The molecular weight excluding hydrogens is 502 g/mol. The summed E-state index contributed by atoms with van der Waals surface area (Å²) < 4.78 is 5.44. The Morgan fingerprint density at radius 3 is 2.02 bits per heavy atom. The van der Waals surface area contributed by atoms with Crippen LogP contribution in [0.15, 0.2) is 72.8 Å². The molecule has 3 aromatic carbocycles. The Hall–Kier alpha value is -4.57. The molecule has 2 atom stereocenters. The second-order valence-electron chi connectivity index (χ2n) is 10.7. The summed E-state index contributed by atoms with van der Waals surface area (Å²) in [5.41, 5.74) is 3.74. The number of nitrogens with zero attached hydrogens (tertiary/aromatic N) is 1. The standard InChI is InChI=1S/C33H37N3O4/c1-8-36(31(38)27(21-25-18-10-9-11-19-25)35-32(39)40-33(5,6)7)29(28-23(3)16-14-17-24(28)4)30(37)34-26-20-13-12-15-22(26)2/h1,9-20,27,29H,21H2,2-7H3,(H,34,37)(H,35,39). The van der Waals surface area contributed by atoms with Gasteiger partial charge in [0.1, 0.15) is 17.7 Å². The number of amides is 3. The molecule has 208 valence electrons. The van der Waals surface area contributed by atoms with Crippen LogP contribution in [0.2, 0.25) is 0 Å². The zero-order chi connectivity index (χ0) is 29.4. The van der Waals surface area contributed by atoms with Gasteiger partial charge in [0.15, 0.2) is 0 Å². The molecule has 40 heavy (non-hydrogen) atoms. The monoisotopic (exact) mass is 539 g/mol. The van der Waals surface area contributed by atoms with E-state index in [9.17, 15) is 14.4 Å². The number of nitrogens with one attached hydrogen (secondary N) is 2. The molecule has 0 saturated carbocycles. The van der Waals surface area contributed by atoms with E-state index in [1.807, 2.05) is 87.5 Å². The summed E-state index contributed by atoms with van der Waals surface area (Å²) in [6.07, 6.45) is 5.36. The van der Waals surface area contributed by atoms with Crippen molar-refractivity contribution < 1.29 is 19.1 Å². The minimum atomic E-state index is -1.16. The van der Waals surface area contributed by atoms with E-state index in [4.69, 9.17) is 11.2 Å². The summed E-state index contributed by atoms with van der Waals surface area (Å²) in [4.78, 5) is 42.0. The highest BCUT2D eigenvalue weighted by molar-refractivity contribution is 6.00. The molecule has 0 spiro atoms. The highest BCUT2D eigenvalue weighted by Crippen LogP contribution is 2.30. The average Bonchev–Trinajstić information content (AvgIpc) is 2.88. The summed E-state index contributed by atoms with van der Waals surface area (Å²) in [5, 5.41) is 5.64. The van der Waals surface area contributed by atoms with Gasteiger partial charge in [0.25, 0.3) is 11.8 Å². The second-order valence-corrected chi connectivity index (χ2v) is 10.7. The number of benzene rings is 3. The number of carbonyl (C=O) groups is 3. The summed E-state index contributed by atoms with van der Waals surface area (Å²) in [5.74, 6) is -1.07. The molecule has 0 radical (unpaired) electrons. The number of hydrogen-bond donors (Lipinski definition) is 2. The molecule has 7 nitrogen and oxygen atoms in total. The highest BCUT2D eigenvalue weighted by atomic mass is 16.6. The van der Waals surface area contributed by atoms with Crippen molar-refractivity contribution in [1.82, 2.24) is 10.2 Å². The zero-order valence-corrected chi connectivity index (χ0v) is 23.9. The van der Waals surface area contributed by atoms with Gasteiger partial charge in [0, 0.05) is 18.2 Å². The van der Waals surface area contributed by atoms with Crippen LogP contribution in [0, 0.1) is 33.2 Å². The molecule has 0 heterocycles. The van der Waals surface area contributed by atoms with Crippen molar-refractivity contribution in [2.24, 2.45) is 0 Å². The van der Waals surface area contributed by atoms with Crippen LogP contribution in [0.5, 0.6) is 0 Å². The van der Waals surface area contributed by atoms with Crippen LogP contribution >= 0.6 is 0 Å². The lowest BCUT2D eigenvalue weighted by atomic mass is 9.93. The Labute approximate surface area is 236 Å². The van der Waals surface area contributed by atoms with Gasteiger partial charge >= 0.3 is 6.09 Å². The molecular formula is C33H37N3O4. The summed E-state index contributed by atoms with van der Waals surface area (Å²) in [6.45, 7) is 10.8. The number of ether oxygens (including phenoxy) is 1. The number of aryl methyl sites for hydroxylation is 3. The van der Waals surface area contributed by atoms with E-state index in [0.29, 0.717) is 11.3 Å². The van der Waals surface area contributed by atoms with Crippen LogP contribution in [0.4, 0.5) is 10.5 Å². The third kappa shape index (κ3) is 7.73. The van der Waals surface area contributed by atoms with Crippen molar-refractivity contribution >= 4 is 23.6 Å². The number of carbonyl (C=O) groups excluding carboxylic acids is 3. The maximum Gasteiger partial charge on any atom is 0.408 e. The van der Waals surface area contributed by atoms with Crippen LogP contribution in [0.3, 0.4) is 0 Å². The predicted molar refractivity (Wildman–Crippen MR) is 157 cm³/mol. The molecule has 0 aliphatic heterocycles. The third-order valence-corrected chi connectivity index (χ3v) is 6.37. The van der Waals surface area contributed by atoms with Gasteiger partial charge in [0.2, 0.25) is 0 Å². The van der Waals surface area contributed by atoms with E-state index >= 15 is 0 Å². The van der Waals surface area contributed by atoms with Crippen LogP contribution in [-0.2, 0) is 20.7 Å². The summed E-state index contributed by atoms with van der Waals surface area (Å²) in [7, 11) is 0. The highest BCUT2D eigenvalue weighted by Gasteiger charge is 2.37. The first-order valence-electron chi connectivity index (χ1n) is 13.2. The van der Waals surface area contributed by atoms with Gasteiger partial charge in [-0.3, -0.25) is 14.5 Å². The van der Waals surface area contributed by atoms with Crippen LogP contribution in [0.1, 0.15) is 54.6 Å². The minimum absolute atomic E-state index is 0.149. The molecule has 7 heteroatoms. The largest absolute Gasteiger partial charge is 0.444 e. The fourth-order valence-corrected chi connectivity index (χ4v) is 4.48. The molecule has 0 aliphatic carbocycles. The Morgan fingerprint density at radius 1 is 0.875 bits per heavy atom. The number of para-hydroxylation sites is 1. The summed E-state index contributed by atoms with van der Waals surface area (Å²) in [6, 6.07) is 22.5. The first-order valence-corrected chi connectivity index (χ1v) is 13.2. The van der Waals surface area contributed by atoms with Crippen molar-refractivity contribution in [3.8, 4) is 12.5 Å². The topological polar surface area (TPSA) is 87.7 Å². The van der Waals surface area contributed by atoms with Gasteiger partial charge in [-0.15, -0.1) is 0 Å². The quantitative estimate of drug-likeness (QED) is 0.278. The molecule has 0 saturated heterocycles. The van der Waals surface area contributed by atoms with E-state index in [-0.39, 0.29) is 6.42 Å². The normalized spacial score (nSPS) is 12.4. The van der Waals surface area contributed by atoms with E-state index in [1.165, 1.54) is 0 Å². The van der Waals surface area contributed by atoms with Gasteiger partial charge in [-0.1, -0.05) is 73.2 Å². The van der Waals surface area contributed by atoms with Crippen LogP contribution in [-0.4, -0.2) is 34.5 Å². The molecule has 2 N–H and O–H groups in total. The third-order valence-electron chi connectivity index (χ3n) is 6.37. The maximum absolute atomic E-state index is 14.2. The minimum Gasteiger partial charge on any atom is -0.444 e. The lowest BCUT2D eigenvalue weighted by Crippen LogP contribution is -2.52. The van der Waals surface area contributed by atoms with Crippen molar-refractivity contribution in [1.29, 1.82) is 0 Å². The molecule has 0 fully saturated rings. The van der Waals surface area contributed by atoms with Gasteiger partial charge in [0.05, 0.1) is 0 Å². The Morgan fingerprint density at radius 2 is 1.45 bits per heavy atom. The zero-order valence-electron chi connectivity index (χ0n) is 23.9. The van der Waals surface area contributed by atoms with Gasteiger partial charge in [-0.2, -0.15) is 0 Å². The molecule has 3 amide bonds. The molecule has 3 rings (SSSR count). The maximum atomic E-state index is 14.2. The SMILES string of the molecule is C#CN(C(=O)C(Cc1ccccc1)NC(=O)OC(C)(C)C)C(C(=O)Nc1ccccc1C)c1c(C)cccc1C. The lowest BCUT2D eigenvalue weighted by Gasteiger charge is -2.32. The van der Waals surface area contributed by atoms with E-state index in [0.717, 1.165) is 27.2 Å². The molecule has 2 unspecified atom stereocenters. The Balaban J connectivity index is 2.06. The lowest BCUT2D eigenvalue weighted by molar-refractivity contribution is -0.136. The smallest absolute Gasteiger partial charge is 0.408 e. The first kappa shape index (κ1) is 30.0. The first-order chi connectivity index (χ1) is 18.9. The van der Waals surface area contributed by atoms with Crippen molar-refractivity contribution in [3.63, 3.8) is 0 Å². The van der Waals surface area contributed by atoms with E-state index < -0.39 is 35.6 Å². The number of terminal acetylenes is 1. The number of alkyl carbamates (subject to hydrolysis) is 1. The van der Waals surface area contributed by atoms with Crippen molar-refractivity contribution in [2.75, 3.05) is 5.32 Å². The van der Waals surface area contributed by atoms with Crippen LogP contribution < -0.4 is 10.6 Å². The van der Waals surface area contributed by atoms with Crippen LogP contribution in [0.25, 0.3) is 0 Å². The molecule has 3 aromatic rings.